The highest BCUT2D eigenvalue weighted by atomic mass is 16.5. The summed E-state index contributed by atoms with van der Waals surface area (Å²) in [5, 5.41) is 1.12. The number of hydrogen-bond donors (Lipinski definition) is 1. The first kappa shape index (κ1) is 14.0. The zero-order valence-corrected chi connectivity index (χ0v) is 11.8. The van der Waals surface area contributed by atoms with Gasteiger partial charge in [0.15, 0.2) is 0 Å². The molecule has 0 fully saturated rings. The van der Waals surface area contributed by atoms with Crippen molar-refractivity contribution in [2.75, 3.05) is 6.61 Å². The van der Waals surface area contributed by atoms with Gasteiger partial charge in [-0.1, -0.05) is 32.0 Å². The van der Waals surface area contributed by atoms with Crippen molar-refractivity contribution in [2.45, 2.75) is 32.9 Å². The Kier molecular flexibility index (Phi) is 4.51. The van der Waals surface area contributed by atoms with Gasteiger partial charge in [0.2, 0.25) is 0 Å². The van der Waals surface area contributed by atoms with E-state index >= 15 is 0 Å². The van der Waals surface area contributed by atoms with Crippen LogP contribution in [0.25, 0.3) is 10.9 Å². The fraction of sp³-hybridized carbons (Fsp3) is 0.438. The summed E-state index contributed by atoms with van der Waals surface area (Å²) < 4.78 is 5.78. The van der Waals surface area contributed by atoms with Crippen LogP contribution in [0, 0.1) is 5.92 Å². The normalized spacial score (nSPS) is 14.8. The molecule has 0 aliphatic heterocycles. The maximum atomic E-state index is 6.35. The number of nitrogens with zero attached hydrogens (tertiary/aromatic N) is 1. The van der Waals surface area contributed by atoms with Crippen molar-refractivity contribution >= 4 is 10.9 Å². The maximum absolute atomic E-state index is 6.35. The Morgan fingerprint density at radius 2 is 2.00 bits per heavy atom. The molecule has 0 bridgehead atoms. The van der Waals surface area contributed by atoms with Crippen LogP contribution in [0.15, 0.2) is 36.5 Å². The molecule has 2 aromatic rings. The molecule has 0 amide bonds. The maximum Gasteiger partial charge on any atom is 0.0790 e. The third-order valence-electron chi connectivity index (χ3n) is 3.37. The molecule has 2 atom stereocenters. The van der Waals surface area contributed by atoms with E-state index in [9.17, 15) is 0 Å². The average Bonchev–Trinajstić information content (AvgIpc) is 2.43. The fourth-order valence-corrected chi connectivity index (χ4v) is 2.36. The minimum absolute atomic E-state index is 0.0213. The largest absolute Gasteiger partial charge is 0.376 e. The van der Waals surface area contributed by atoms with Gasteiger partial charge in [-0.3, -0.25) is 4.98 Å². The number of fused-ring (bicyclic) bond motifs is 1. The van der Waals surface area contributed by atoms with E-state index in [1.807, 2.05) is 31.3 Å². The number of ether oxygens (including phenoxy) is 1. The first-order chi connectivity index (χ1) is 9.13. The minimum Gasteiger partial charge on any atom is -0.376 e. The van der Waals surface area contributed by atoms with Gasteiger partial charge < -0.3 is 10.5 Å². The molecule has 3 nitrogen and oxygen atoms in total. The predicted molar refractivity (Wildman–Crippen MR) is 78.9 cm³/mol. The Morgan fingerprint density at radius 3 is 2.68 bits per heavy atom. The van der Waals surface area contributed by atoms with Gasteiger partial charge >= 0.3 is 0 Å². The van der Waals surface area contributed by atoms with E-state index in [-0.39, 0.29) is 12.1 Å². The quantitative estimate of drug-likeness (QED) is 0.895. The van der Waals surface area contributed by atoms with E-state index in [1.54, 1.807) is 0 Å². The molecular formula is C16H22N2O. The highest BCUT2D eigenvalue weighted by Crippen LogP contribution is 2.24. The lowest BCUT2D eigenvalue weighted by Gasteiger charge is -2.27. The Balaban J connectivity index is 2.31. The van der Waals surface area contributed by atoms with Gasteiger partial charge in [0.25, 0.3) is 0 Å². The van der Waals surface area contributed by atoms with Crippen LogP contribution in [0.1, 0.15) is 32.4 Å². The van der Waals surface area contributed by atoms with Crippen molar-refractivity contribution in [3.05, 3.63) is 42.1 Å². The van der Waals surface area contributed by atoms with Crippen molar-refractivity contribution in [1.82, 2.24) is 4.98 Å². The number of benzene rings is 1. The molecule has 0 saturated heterocycles. The summed E-state index contributed by atoms with van der Waals surface area (Å²) in [6, 6.07) is 10.0. The van der Waals surface area contributed by atoms with Gasteiger partial charge in [-0.2, -0.15) is 0 Å². The van der Waals surface area contributed by atoms with Crippen molar-refractivity contribution in [3.63, 3.8) is 0 Å². The third-order valence-corrected chi connectivity index (χ3v) is 3.37. The Bertz CT molecular complexity index is 539. The average molecular weight is 258 g/mol. The summed E-state index contributed by atoms with van der Waals surface area (Å²) in [6.07, 6.45) is 1.88. The molecule has 102 valence electrons. The lowest BCUT2D eigenvalue weighted by atomic mass is 9.94. The van der Waals surface area contributed by atoms with Crippen molar-refractivity contribution in [2.24, 2.45) is 11.7 Å². The number of nitrogens with two attached hydrogens (primary N) is 1. The number of para-hydroxylation sites is 1. The molecule has 0 saturated carbocycles. The second-order valence-electron chi connectivity index (χ2n) is 5.15. The molecule has 1 heterocycles. The zero-order chi connectivity index (χ0) is 13.8. The van der Waals surface area contributed by atoms with Crippen LogP contribution in [0.3, 0.4) is 0 Å². The zero-order valence-electron chi connectivity index (χ0n) is 11.8. The van der Waals surface area contributed by atoms with Gasteiger partial charge in [-0.05, 0) is 30.5 Å². The van der Waals surface area contributed by atoms with Crippen molar-refractivity contribution in [3.8, 4) is 0 Å². The monoisotopic (exact) mass is 258 g/mol. The van der Waals surface area contributed by atoms with Crippen LogP contribution in [-0.4, -0.2) is 17.7 Å². The van der Waals surface area contributed by atoms with Crippen molar-refractivity contribution in [1.29, 1.82) is 0 Å². The van der Waals surface area contributed by atoms with Gasteiger partial charge in [0.05, 0.1) is 17.7 Å². The summed E-state index contributed by atoms with van der Waals surface area (Å²) in [5.74, 6) is 0.376. The molecule has 2 rings (SSSR count). The standard InChI is InChI=1S/C16H22N2O/c1-4-19-16(11(2)3)15(17)13-9-12-7-5-6-8-14(12)18-10-13/h5-11,15-16H,4,17H2,1-3H3. The Labute approximate surface area is 114 Å². The summed E-state index contributed by atoms with van der Waals surface area (Å²) in [7, 11) is 0. The van der Waals surface area contributed by atoms with E-state index < -0.39 is 0 Å². The molecule has 0 spiro atoms. The summed E-state index contributed by atoms with van der Waals surface area (Å²) >= 11 is 0. The van der Waals surface area contributed by atoms with E-state index in [2.05, 4.69) is 31.0 Å². The smallest absolute Gasteiger partial charge is 0.0790 e. The van der Waals surface area contributed by atoms with Crippen LogP contribution < -0.4 is 5.73 Å². The Hall–Kier alpha value is -1.45. The lowest BCUT2D eigenvalue weighted by Crippen LogP contribution is -2.33. The fourth-order valence-electron chi connectivity index (χ4n) is 2.36. The van der Waals surface area contributed by atoms with Crippen LogP contribution in [0.4, 0.5) is 0 Å². The number of hydrogen-bond acceptors (Lipinski definition) is 3. The first-order valence-electron chi connectivity index (χ1n) is 6.85. The number of aromatic nitrogens is 1. The van der Waals surface area contributed by atoms with Gasteiger partial charge in [0, 0.05) is 18.2 Å². The molecule has 0 aliphatic carbocycles. The topological polar surface area (TPSA) is 48.1 Å². The lowest BCUT2D eigenvalue weighted by molar-refractivity contribution is 0.0121. The molecule has 2 unspecified atom stereocenters. The predicted octanol–water partition coefficient (Wildman–Crippen LogP) is 3.30. The van der Waals surface area contributed by atoms with Gasteiger partial charge in [-0.25, -0.2) is 0 Å². The van der Waals surface area contributed by atoms with E-state index in [0.29, 0.717) is 12.5 Å². The van der Waals surface area contributed by atoms with E-state index in [4.69, 9.17) is 10.5 Å². The van der Waals surface area contributed by atoms with Crippen LogP contribution in [0.5, 0.6) is 0 Å². The highest BCUT2D eigenvalue weighted by Gasteiger charge is 2.23. The van der Waals surface area contributed by atoms with Crippen LogP contribution >= 0.6 is 0 Å². The number of pyridine rings is 1. The van der Waals surface area contributed by atoms with Gasteiger partial charge in [-0.15, -0.1) is 0 Å². The summed E-state index contributed by atoms with van der Waals surface area (Å²) in [4.78, 5) is 4.47. The molecule has 2 N–H and O–H groups in total. The first-order valence-corrected chi connectivity index (χ1v) is 6.85. The second-order valence-corrected chi connectivity index (χ2v) is 5.15. The van der Waals surface area contributed by atoms with E-state index in [1.165, 1.54) is 0 Å². The summed E-state index contributed by atoms with van der Waals surface area (Å²) in [6.45, 7) is 6.95. The van der Waals surface area contributed by atoms with Gasteiger partial charge in [0.1, 0.15) is 0 Å². The number of rotatable bonds is 5. The van der Waals surface area contributed by atoms with E-state index in [0.717, 1.165) is 16.5 Å². The Morgan fingerprint density at radius 1 is 1.26 bits per heavy atom. The summed E-state index contributed by atoms with van der Waals surface area (Å²) in [5.41, 5.74) is 8.38. The van der Waals surface area contributed by atoms with Crippen LogP contribution in [-0.2, 0) is 4.74 Å². The molecule has 0 radical (unpaired) electrons. The molecule has 0 aliphatic rings. The molecular weight excluding hydrogens is 236 g/mol. The second kappa shape index (κ2) is 6.13. The SMILES string of the molecule is CCOC(C(C)C)C(N)c1cnc2ccccc2c1. The highest BCUT2D eigenvalue weighted by molar-refractivity contribution is 5.78. The van der Waals surface area contributed by atoms with Crippen molar-refractivity contribution < 1.29 is 4.74 Å². The minimum atomic E-state index is -0.142. The molecule has 1 aromatic carbocycles. The molecule has 1 aromatic heterocycles. The molecule has 3 heteroatoms. The molecule has 19 heavy (non-hydrogen) atoms. The third kappa shape index (κ3) is 3.11. The van der Waals surface area contributed by atoms with Crippen LogP contribution in [0.2, 0.25) is 0 Å².